The molecule has 0 bridgehead atoms. The number of carbonyl (C=O) groups is 1. The van der Waals surface area contributed by atoms with E-state index in [9.17, 15) is 9.90 Å². The molecule has 1 aliphatic heterocycles. The van der Waals surface area contributed by atoms with Crippen LogP contribution in [0.4, 0.5) is 4.79 Å². The molecule has 22 heavy (non-hydrogen) atoms. The number of amides is 1. The summed E-state index contributed by atoms with van der Waals surface area (Å²) in [7, 11) is 0. The number of fused-ring (bicyclic) bond motifs is 1. The van der Waals surface area contributed by atoms with E-state index in [0.717, 1.165) is 24.0 Å². The number of benzene rings is 2. The molecule has 0 atom stereocenters. The number of hydrogen-bond donors (Lipinski definition) is 1. The zero-order chi connectivity index (χ0) is 15.4. The predicted molar refractivity (Wildman–Crippen MR) is 83.7 cm³/mol. The van der Waals surface area contributed by atoms with Gasteiger partial charge in [-0.1, -0.05) is 36.4 Å². The second-order valence-corrected chi connectivity index (χ2v) is 5.48. The van der Waals surface area contributed by atoms with Gasteiger partial charge in [0.05, 0.1) is 0 Å². The molecule has 1 aliphatic rings. The highest BCUT2D eigenvalue weighted by Crippen LogP contribution is 2.21. The van der Waals surface area contributed by atoms with Gasteiger partial charge in [-0.05, 0) is 41.7 Å². The van der Waals surface area contributed by atoms with Gasteiger partial charge in [0, 0.05) is 13.1 Å². The van der Waals surface area contributed by atoms with Crippen LogP contribution >= 0.6 is 0 Å². The Kier molecular flexibility index (Phi) is 4.28. The van der Waals surface area contributed by atoms with E-state index in [2.05, 4.69) is 0 Å². The summed E-state index contributed by atoms with van der Waals surface area (Å²) in [5.41, 5.74) is 3.29. The van der Waals surface area contributed by atoms with Gasteiger partial charge < -0.3 is 14.7 Å². The van der Waals surface area contributed by atoms with E-state index in [1.807, 2.05) is 36.4 Å². The molecule has 3 rings (SSSR count). The van der Waals surface area contributed by atoms with E-state index >= 15 is 0 Å². The van der Waals surface area contributed by atoms with E-state index in [0.29, 0.717) is 19.7 Å². The lowest BCUT2D eigenvalue weighted by Crippen LogP contribution is -2.33. The van der Waals surface area contributed by atoms with Gasteiger partial charge in [0.25, 0.3) is 0 Å². The molecule has 0 saturated heterocycles. The van der Waals surface area contributed by atoms with Crippen molar-refractivity contribution < 1.29 is 14.6 Å². The normalized spacial score (nSPS) is 14.1. The summed E-state index contributed by atoms with van der Waals surface area (Å²) in [5.74, 6) is 0.277. The Morgan fingerprint density at radius 3 is 2.55 bits per heavy atom. The summed E-state index contributed by atoms with van der Waals surface area (Å²) >= 11 is 0. The first-order valence-corrected chi connectivity index (χ1v) is 7.49. The van der Waals surface area contributed by atoms with Crippen LogP contribution in [0.15, 0.2) is 48.5 Å². The molecule has 0 saturated carbocycles. The van der Waals surface area contributed by atoms with Gasteiger partial charge in [0.1, 0.15) is 12.4 Å². The molecule has 4 nitrogen and oxygen atoms in total. The van der Waals surface area contributed by atoms with Gasteiger partial charge in [-0.2, -0.15) is 0 Å². The van der Waals surface area contributed by atoms with Gasteiger partial charge in [-0.25, -0.2) is 4.79 Å². The van der Waals surface area contributed by atoms with E-state index in [1.165, 1.54) is 5.56 Å². The number of phenolic OH excluding ortho intramolecular Hbond substituents is 1. The number of aromatic hydroxyl groups is 1. The topological polar surface area (TPSA) is 49.8 Å². The molecule has 2 aromatic carbocycles. The Balaban J connectivity index is 1.59. The Bertz CT molecular complexity index is 655. The molecule has 2 aromatic rings. The molecule has 114 valence electrons. The van der Waals surface area contributed by atoms with Crippen LogP contribution in [0.3, 0.4) is 0 Å². The number of nitrogens with zero attached hydrogens (tertiary/aromatic N) is 1. The van der Waals surface area contributed by atoms with Crippen molar-refractivity contribution in [3.8, 4) is 5.75 Å². The molecule has 0 spiro atoms. The number of carbonyl (C=O) groups excluding carboxylic acids is 1. The Morgan fingerprint density at radius 1 is 1.05 bits per heavy atom. The maximum absolute atomic E-state index is 12.2. The minimum Gasteiger partial charge on any atom is -0.508 e. The fourth-order valence-electron chi connectivity index (χ4n) is 2.70. The molecular weight excluding hydrogens is 278 g/mol. The Morgan fingerprint density at radius 2 is 1.77 bits per heavy atom. The number of rotatable bonds is 2. The smallest absolute Gasteiger partial charge is 0.410 e. The molecule has 0 fully saturated rings. The lowest BCUT2D eigenvalue weighted by atomic mass is 10.0. The third-order valence-electron chi connectivity index (χ3n) is 3.96. The van der Waals surface area contributed by atoms with Crippen LogP contribution in [0.1, 0.15) is 16.7 Å². The second-order valence-electron chi connectivity index (χ2n) is 5.48. The first-order chi connectivity index (χ1) is 10.7. The average molecular weight is 297 g/mol. The van der Waals surface area contributed by atoms with Crippen molar-refractivity contribution in [1.29, 1.82) is 0 Å². The first-order valence-electron chi connectivity index (χ1n) is 7.49. The lowest BCUT2D eigenvalue weighted by Gasteiger charge is -2.19. The summed E-state index contributed by atoms with van der Waals surface area (Å²) in [6, 6.07) is 15.1. The van der Waals surface area contributed by atoms with Crippen molar-refractivity contribution in [2.24, 2.45) is 0 Å². The van der Waals surface area contributed by atoms with Gasteiger partial charge >= 0.3 is 6.09 Å². The van der Waals surface area contributed by atoms with E-state index in [1.54, 1.807) is 17.0 Å². The number of phenols is 1. The van der Waals surface area contributed by atoms with Crippen LogP contribution in [0.5, 0.6) is 5.75 Å². The largest absolute Gasteiger partial charge is 0.508 e. The highest BCUT2D eigenvalue weighted by Gasteiger charge is 2.19. The van der Waals surface area contributed by atoms with Crippen molar-refractivity contribution in [3.63, 3.8) is 0 Å². The average Bonchev–Trinajstić information content (AvgIpc) is 2.76. The van der Waals surface area contributed by atoms with Crippen molar-refractivity contribution in [2.45, 2.75) is 19.4 Å². The molecule has 1 amide bonds. The summed E-state index contributed by atoms with van der Waals surface area (Å²) in [5, 5.41) is 9.56. The van der Waals surface area contributed by atoms with Gasteiger partial charge in [0.15, 0.2) is 0 Å². The molecule has 0 radical (unpaired) electrons. The third kappa shape index (κ3) is 3.39. The molecule has 4 heteroatoms. The maximum Gasteiger partial charge on any atom is 0.410 e. The van der Waals surface area contributed by atoms with E-state index in [4.69, 9.17) is 4.74 Å². The maximum atomic E-state index is 12.2. The monoisotopic (exact) mass is 297 g/mol. The van der Waals surface area contributed by atoms with Crippen LogP contribution in [0, 0.1) is 0 Å². The fraction of sp³-hybridized carbons (Fsp3) is 0.278. The van der Waals surface area contributed by atoms with Crippen LogP contribution in [0.25, 0.3) is 0 Å². The Labute approximate surface area is 130 Å². The zero-order valence-corrected chi connectivity index (χ0v) is 12.4. The lowest BCUT2D eigenvalue weighted by molar-refractivity contribution is 0.0977. The highest BCUT2D eigenvalue weighted by molar-refractivity contribution is 5.68. The van der Waals surface area contributed by atoms with Crippen molar-refractivity contribution in [1.82, 2.24) is 4.90 Å². The zero-order valence-electron chi connectivity index (χ0n) is 12.4. The second kappa shape index (κ2) is 6.52. The summed E-state index contributed by atoms with van der Waals surface area (Å²) in [4.78, 5) is 13.9. The van der Waals surface area contributed by atoms with E-state index in [-0.39, 0.29) is 11.8 Å². The van der Waals surface area contributed by atoms with Crippen molar-refractivity contribution in [2.75, 3.05) is 13.1 Å². The van der Waals surface area contributed by atoms with Crippen molar-refractivity contribution >= 4 is 6.09 Å². The van der Waals surface area contributed by atoms with Gasteiger partial charge in [-0.3, -0.25) is 0 Å². The fourth-order valence-corrected chi connectivity index (χ4v) is 2.70. The molecule has 1 N–H and O–H groups in total. The minimum absolute atomic E-state index is 0.277. The van der Waals surface area contributed by atoms with Crippen molar-refractivity contribution in [3.05, 3.63) is 65.2 Å². The third-order valence-corrected chi connectivity index (χ3v) is 3.96. The summed E-state index contributed by atoms with van der Waals surface area (Å²) in [6.07, 6.45) is 1.25. The van der Waals surface area contributed by atoms with Gasteiger partial charge in [-0.15, -0.1) is 0 Å². The predicted octanol–water partition coefficient (Wildman–Crippen LogP) is 3.13. The number of hydrogen-bond acceptors (Lipinski definition) is 3. The molecule has 0 aliphatic carbocycles. The van der Waals surface area contributed by atoms with Crippen LogP contribution in [0.2, 0.25) is 0 Å². The summed E-state index contributed by atoms with van der Waals surface area (Å²) < 4.78 is 5.38. The van der Waals surface area contributed by atoms with Crippen LogP contribution in [-0.2, 0) is 24.2 Å². The van der Waals surface area contributed by atoms with Crippen LogP contribution < -0.4 is 0 Å². The molecular formula is C18H19NO3. The standard InChI is InChI=1S/C18H19NO3/c20-17-7-6-15-8-10-19(11-9-16(15)12-17)18(21)22-13-14-4-2-1-3-5-14/h1-7,12,20H,8-11,13H2. The first kappa shape index (κ1) is 14.4. The highest BCUT2D eigenvalue weighted by atomic mass is 16.6. The van der Waals surface area contributed by atoms with Gasteiger partial charge in [0.2, 0.25) is 0 Å². The quantitative estimate of drug-likeness (QED) is 0.926. The number of ether oxygens (including phenoxy) is 1. The minimum atomic E-state index is -0.277. The molecule has 0 aromatic heterocycles. The SMILES string of the molecule is O=C(OCc1ccccc1)N1CCc2ccc(O)cc2CC1. The molecule has 1 heterocycles. The summed E-state index contributed by atoms with van der Waals surface area (Å²) in [6.45, 7) is 1.55. The van der Waals surface area contributed by atoms with Crippen LogP contribution in [-0.4, -0.2) is 29.2 Å². The Hall–Kier alpha value is -2.49. The van der Waals surface area contributed by atoms with E-state index < -0.39 is 0 Å². The molecule has 0 unspecified atom stereocenters.